The number of aryl methyl sites for hydroxylation is 1. The number of aliphatic imine (C=N–C) groups is 1. The molecule has 2 N–H and O–H groups in total. The van der Waals surface area contributed by atoms with Gasteiger partial charge in [0.25, 0.3) is 5.91 Å². The first-order valence-corrected chi connectivity index (χ1v) is 19.6. The van der Waals surface area contributed by atoms with Crippen molar-refractivity contribution in [2.75, 3.05) is 45.6 Å². The van der Waals surface area contributed by atoms with Crippen molar-refractivity contribution in [1.82, 2.24) is 4.90 Å². The Morgan fingerprint density at radius 2 is 1.55 bits per heavy atom. The van der Waals surface area contributed by atoms with E-state index in [9.17, 15) is 9.59 Å². The molecule has 1 aromatic carbocycles. The van der Waals surface area contributed by atoms with Crippen molar-refractivity contribution in [3.8, 4) is 0 Å². The number of rotatable bonds is 8. The molecule has 0 bridgehead atoms. The topological polar surface area (TPSA) is 84.9 Å². The number of hydrogen-bond donors (Lipinski definition) is 2. The molecule has 3 aliphatic carbocycles. The van der Waals surface area contributed by atoms with Gasteiger partial charge in [0.1, 0.15) is 0 Å². The Balaban J connectivity index is 1.21. The van der Waals surface area contributed by atoms with Crippen LogP contribution in [0.3, 0.4) is 0 Å². The van der Waals surface area contributed by atoms with Crippen LogP contribution in [0.2, 0.25) is 0 Å². The summed E-state index contributed by atoms with van der Waals surface area (Å²) in [5.41, 5.74) is 2.76. The van der Waals surface area contributed by atoms with Crippen molar-refractivity contribution < 1.29 is 28.9 Å². The Morgan fingerprint density at radius 1 is 0.915 bits per heavy atom. The van der Waals surface area contributed by atoms with E-state index in [1.807, 2.05) is 7.11 Å². The van der Waals surface area contributed by atoms with Gasteiger partial charge in [-0.05, 0) is 79.4 Å². The minimum atomic E-state index is -0.869. The van der Waals surface area contributed by atoms with Gasteiger partial charge in [-0.25, -0.2) is 14.6 Å². The summed E-state index contributed by atoms with van der Waals surface area (Å²) in [4.78, 5) is 49.5. The van der Waals surface area contributed by atoms with Crippen molar-refractivity contribution in [3.63, 3.8) is 0 Å². The highest BCUT2D eigenvalue weighted by Crippen LogP contribution is 2.62. The fraction of sp³-hybridized carbons (Fsp3) is 0.737. The molecule has 256 valence electrons. The predicted octanol–water partition coefficient (Wildman–Crippen LogP) is 2.97. The second kappa shape index (κ2) is 13.7. The molecule has 2 saturated carbocycles. The monoisotopic (exact) mass is 664 g/mol. The SMILES string of the molecule is COC1CCC2(CC1)Cc1ccc(CCC3CC3)cc1C21N=C(SCC2CC[NH+](C(C)=O)CC2)N(CC2CC[NH+](C(C)=O)CC2)C1=O. The third-order valence-electron chi connectivity index (χ3n) is 13.0. The van der Waals surface area contributed by atoms with E-state index in [0.717, 1.165) is 117 Å². The molecule has 3 amide bonds. The fourth-order valence-corrected chi connectivity index (χ4v) is 10.9. The first kappa shape index (κ1) is 33.4. The van der Waals surface area contributed by atoms with Gasteiger partial charge in [-0.2, -0.15) is 0 Å². The van der Waals surface area contributed by atoms with Gasteiger partial charge in [0, 0.05) is 50.5 Å². The van der Waals surface area contributed by atoms with E-state index in [1.165, 1.54) is 36.0 Å². The van der Waals surface area contributed by atoms with Crippen molar-refractivity contribution in [2.45, 2.75) is 109 Å². The largest absolute Gasteiger partial charge is 0.381 e. The number of likely N-dealkylation sites (tertiary alicyclic amines) is 2. The summed E-state index contributed by atoms with van der Waals surface area (Å²) < 4.78 is 5.84. The van der Waals surface area contributed by atoms with E-state index in [4.69, 9.17) is 9.73 Å². The Kier molecular flexibility index (Phi) is 9.73. The number of fused-ring (bicyclic) bond motifs is 3. The number of benzene rings is 1. The van der Waals surface area contributed by atoms with E-state index >= 15 is 4.79 Å². The molecule has 1 unspecified atom stereocenters. The summed E-state index contributed by atoms with van der Waals surface area (Å²) in [6.45, 7) is 7.59. The summed E-state index contributed by atoms with van der Waals surface area (Å²) >= 11 is 1.80. The molecule has 0 aromatic heterocycles. The van der Waals surface area contributed by atoms with Crippen molar-refractivity contribution in [1.29, 1.82) is 0 Å². The number of nitrogens with zero attached hydrogens (tertiary/aromatic N) is 2. The van der Waals surface area contributed by atoms with Crippen LogP contribution in [0.1, 0.15) is 101 Å². The Morgan fingerprint density at radius 3 is 2.15 bits per heavy atom. The zero-order valence-corrected chi connectivity index (χ0v) is 29.7. The summed E-state index contributed by atoms with van der Waals surface area (Å²) in [7, 11) is 1.82. The van der Waals surface area contributed by atoms with Crippen molar-refractivity contribution >= 4 is 34.7 Å². The number of thioether (sulfide) groups is 1. The van der Waals surface area contributed by atoms with Crippen LogP contribution in [0, 0.1) is 23.2 Å². The van der Waals surface area contributed by atoms with E-state index < -0.39 is 5.54 Å². The van der Waals surface area contributed by atoms with Gasteiger partial charge in [0.15, 0.2) is 10.7 Å². The second-order valence-corrected chi connectivity index (χ2v) is 16.9. The van der Waals surface area contributed by atoms with E-state index in [-0.39, 0.29) is 29.2 Å². The molecule has 2 saturated heterocycles. The van der Waals surface area contributed by atoms with Gasteiger partial charge in [-0.1, -0.05) is 42.8 Å². The molecular formula is C38H56N4O4S+2. The molecular weight excluding hydrogens is 609 g/mol. The minimum absolute atomic E-state index is 0.200. The number of piperidine rings is 2. The number of quaternary nitrogens is 2. The van der Waals surface area contributed by atoms with Crippen molar-refractivity contribution in [3.05, 3.63) is 34.9 Å². The zero-order chi connectivity index (χ0) is 32.8. The summed E-state index contributed by atoms with van der Waals surface area (Å²) in [5, 5.41) is 0.919. The summed E-state index contributed by atoms with van der Waals surface area (Å²) in [6.07, 6.45) is 14.0. The Bertz CT molecular complexity index is 1390. The van der Waals surface area contributed by atoms with E-state index in [2.05, 4.69) is 23.1 Å². The lowest BCUT2D eigenvalue weighted by molar-refractivity contribution is -0.827. The average molecular weight is 665 g/mol. The highest BCUT2D eigenvalue weighted by molar-refractivity contribution is 8.13. The number of nitrogens with one attached hydrogen (secondary N) is 2. The van der Waals surface area contributed by atoms with Gasteiger partial charge in [0.2, 0.25) is 0 Å². The van der Waals surface area contributed by atoms with Gasteiger partial charge in [0.05, 0.1) is 46.1 Å². The summed E-state index contributed by atoms with van der Waals surface area (Å²) in [6, 6.07) is 7.04. The second-order valence-electron chi connectivity index (χ2n) is 15.9. The van der Waals surface area contributed by atoms with Crippen LogP contribution >= 0.6 is 11.8 Å². The van der Waals surface area contributed by atoms with Gasteiger partial charge in [-0.3, -0.25) is 19.5 Å². The van der Waals surface area contributed by atoms with E-state index in [1.54, 1.807) is 25.6 Å². The van der Waals surface area contributed by atoms with Crippen LogP contribution in [0.25, 0.3) is 0 Å². The molecule has 7 rings (SSSR count). The first-order valence-electron chi connectivity index (χ1n) is 18.6. The van der Waals surface area contributed by atoms with Gasteiger partial charge < -0.3 is 4.74 Å². The lowest BCUT2D eigenvalue weighted by atomic mass is 9.61. The lowest BCUT2D eigenvalue weighted by Gasteiger charge is -2.45. The molecule has 1 atom stereocenters. The summed E-state index contributed by atoms with van der Waals surface area (Å²) in [5.74, 6) is 3.38. The maximum absolute atomic E-state index is 15.4. The fourth-order valence-electron chi connectivity index (χ4n) is 9.63. The number of carbonyl (C=O) groups is 3. The van der Waals surface area contributed by atoms with Gasteiger partial charge >= 0.3 is 11.8 Å². The Labute approximate surface area is 285 Å². The highest BCUT2D eigenvalue weighted by atomic mass is 32.2. The molecule has 3 heterocycles. The number of ether oxygens (including phenoxy) is 1. The maximum atomic E-state index is 15.4. The molecule has 8 nitrogen and oxygen atoms in total. The van der Waals surface area contributed by atoms with Crippen LogP contribution < -0.4 is 9.80 Å². The van der Waals surface area contributed by atoms with Crippen LogP contribution in [-0.4, -0.2) is 79.5 Å². The highest BCUT2D eigenvalue weighted by Gasteiger charge is 2.67. The van der Waals surface area contributed by atoms with Crippen LogP contribution in [-0.2, 0) is 37.5 Å². The molecule has 0 radical (unpaired) electrons. The molecule has 3 aliphatic heterocycles. The molecule has 2 spiro atoms. The number of amidine groups is 1. The first-order chi connectivity index (χ1) is 22.7. The average Bonchev–Trinajstić information content (AvgIpc) is 3.83. The maximum Gasteiger partial charge on any atom is 0.308 e. The molecule has 6 aliphatic rings. The zero-order valence-electron chi connectivity index (χ0n) is 28.9. The standard InChI is InChI=1S/C38H54N4O4S/c1-26(43)40-18-12-30(13-19-40)24-42-35(45)38(39-36(42)47-25-31-14-20-41(21-15-31)27(2)44)34-22-29(7-6-28-4-5-28)8-9-32(34)23-37(38)16-10-33(46-3)11-17-37/h8-9,22,28,30-31,33H,4-7,10-21,23-25H2,1-3H3/p+2. The minimum Gasteiger partial charge on any atom is -0.381 e. The number of hydrogen-bond acceptors (Lipinski definition) is 6. The van der Waals surface area contributed by atoms with Gasteiger partial charge in [-0.15, -0.1) is 0 Å². The van der Waals surface area contributed by atoms with Crippen LogP contribution in [0.4, 0.5) is 0 Å². The normalized spacial score (nSPS) is 35.4. The third-order valence-corrected chi connectivity index (χ3v) is 14.2. The molecule has 4 fully saturated rings. The smallest absolute Gasteiger partial charge is 0.308 e. The number of amides is 3. The molecule has 1 aromatic rings. The number of methoxy groups -OCH3 is 1. The molecule has 47 heavy (non-hydrogen) atoms. The van der Waals surface area contributed by atoms with Crippen LogP contribution in [0.5, 0.6) is 0 Å². The van der Waals surface area contributed by atoms with Crippen LogP contribution in [0.15, 0.2) is 23.2 Å². The molecule has 9 heteroatoms. The predicted molar refractivity (Wildman–Crippen MR) is 184 cm³/mol. The Hall–Kier alpha value is -2.07. The third kappa shape index (κ3) is 6.51. The number of carbonyl (C=O) groups excluding carboxylic acids is 3. The van der Waals surface area contributed by atoms with Crippen molar-refractivity contribution in [2.24, 2.45) is 28.2 Å². The van der Waals surface area contributed by atoms with E-state index in [0.29, 0.717) is 18.4 Å². The quantitative estimate of drug-likeness (QED) is 0.447. The lowest BCUT2D eigenvalue weighted by Crippen LogP contribution is -3.15.